The van der Waals surface area contributed by atoms with E-state index in [9.17, 15) is 13.2 Å². The Morgan fingerprint density at radius 2 is 2.00 bits per heavy atom. The molecule has 0 saturated carbocycles. The fourth-order valence-corrected chi connectivity index (χ4v) is 1.85. The van der Waals surface area contributed by atoms with Gasteiger partial charge in [0, 0.05) is 10.9 Å². The highest BCUT2D eigenvalue weighted by Crippen LogP contribution is 2.35. The van der Waals surface area contributed by atoms with Gasteiger partial charge in [0.25, 0.3) is 0 Å². The lowest BCUT2D eigenvalue weighted by Crippen LogP contribution is -2.04. The number of hydrogen-bond donors (Lipinski definition) is 0. The smallest absolute Gasteiger partial charge is 0.166 e. The summed E-state index contributed by atoms with van der Waals surface area (Å²) in [5.74, 6) is 0. The molecule has 2 rings (SSSR count). The summed E-state index contributed by atoms with van der Waals surface area (Å²) in [6, 6.07) is 3.11. The predicted octanol–water partition coefficient (Wildman–Crippen LogP) is 3.88. The van der Waals surface area contributed by atoms with Gasteiger partial charge in [0.05, 0.1) is 10.6 Å². The van der Waals surface area contributed by atoms with Crippen LogP contribution in [0.15, 0.2) is 23.6 Å². The molecule has 2 aromatic rings. The standard InChI is InChI=1S/C9H4ClF3N2S/c10-7-2-1-5(9(11,12)13)3-6(7)8-4-16-15-14-8/h1-4H. The van der Waals surface area contributed by atoms with Crippen molar-refractivity contribution >= 4 is 23.1 Å². The van der Waals surface area contributed by atoms with Crippen molar-refractivity contribution in [2.45, 2.75) is 6.18 Å². The van der Waals surface area contributed by atoms with Gasteiger partial charge >= 0.3 is 6.18 Å². The van der Waals surface area contributed by atoms with Gasteiger partial charge in [0.2, 0.25) is 0 Å². The maximum atomic E-state index is 12.5. The van der Waals surface area contributed by atoms with E-state index in [4.69, 9.17) is 11.6 Å². The first-order valence-electron chi connectivity index (χ1n) is 4.12. The van der Waals surface area contributed by atoms with Crippen molar-refractivity contribution in [3.05, 3.63) is 34.2 Å². The largest absolute Gasteiger partial charge is 0.416 e. The SMILES string of the molecule is FC(F)(F)c1ccc(Cl)c(-c2csnn2)c1. The molecule has 0 aliphatic carbocycles. The van der Waals surface area contributed by atoms with Gasteiger partial charge in [-0.15, -0.1) is 5.10 Å². The van der Waals surface area contributed by atoms with Gasteiger partial charge in [0.1, 0.15) is 5.69 Å². The minimum absolute atomic E-state index is 0.223. The Kier molecular flexibility index (Phi) is 2.86. The van der Waals surface area contributed by atoms with E-state index in [2.05, 4.69) is 9.59 Å². The quantitative estimate of drug-likeness (QED) is 0.781. The van der Waals surface area contributed by atoms with Gasteiger partial charge in [-0.25, -0.2) is 0 Å². The zero-order valence-corrected chi connectivity index (χ0v) is 9.20. The number of nitrogens with zero attached hydrogens (tertiary/aromatic N) is 2. The first kappa shape index (κ1) is 11.3. The van der Waals surface area contributed by atoms with Crippen molar-refractivity contribution in [1.82, 2.24) is 9.59 Å². The summed E-state index contributed by atoms with van der Waals surface area (Å²) in [7, 11) is 0. The molecule has 0 atom stereocenters. The number of alkyl halides is 3. The van der Waals surface area contributed by atoms with Crippen LogP contribution in [0.3, 0.4) is 0 Å². The average molecular weight is 265 g/mol. The highest BCUT2D eigenvalue weighted by atomic mass is 35.5. The molecule has 0 unspecified atom stereocenters. The Morgan fingerprint density at radius 3 is 2.56 bits per heavy atom. The van der Waals surface area contributed by atoms with Gasteiger partial charge in [0.15, 0.2) is 0 Å². The maximum Gasteiger partial charge on any atom is 0.416 e. The summed E-state index contributed by atoms with van der Waals surface area (Å²) in [6.45, 7) is 0. The summed E-state index contributed by atoms with van der Waals surface area (Å²) in [5.41, 5.74) is -0.161. The molecule has 84 valence electrons. The molecule has 0 fully saturated rings. The Hall–Kier alpha value is -1.14. The molecule has 1 heterocycles. The van der Waals surface area contributed by atoms with Crippen LogP contribution in [0.5, 0.6) is 0 Å². The summed E-state index contributed by atoms with van der Waals surface area (Å²) in [6.07, 6.45) is -4.39. The zero-order chi connectivity index (χ0) is 11.8. The fraction of sp³-hybridized carbons (Fsp3) is 0.111. The number of halogens is 4. The zero-order valence-electron chi connectivity index (χ0n) is 7.62. The monoisotopic (exact) mass is 264 g/mol. The van der Waals surface area contributed by atoms with Crippen LogP contribution in [-0.4, -0.2) is 9.59 Å². The lowest BCUT2D eigenvalue weighted by atomic mass is 10.1. The van der Waals surface area contributed by atoms with Crippen LogP contribution in [0.2, 0.25) is 5.02 Å². The van der Waals surface area contributed by atoms with Gasteiger partial charge in [-0.2, -0.15) is 13.2 Å². The van der Waals surface area contributed by atoms with Crippen molar-refractivity contribution in [3.63, 3.8) is 0 Å². The van der Waals surface area contributed by atoms with Crippen molar-refractivity contribution in [2.75, 3.05) is 0 Å². The minimum Gasteiger partial charge on any atom is -0.166 e. The van der Waals surface area contributed by atoms with E-state index >= 15 is 0 Å². The highest BCUT2D eigenvalue weighted by Gasteiger charge is 2.31. The molecule has 2 nitrogen and oxygen atoms in total. The Labute approximate surface area is 97.8 Å². The van der Waals surface area contributed by atoms with Crippen LogP contribution >= 0.6 is 23.1 Å². The molecule has 0 aliphatic heterocycles. The number of hydrogen-bond acceptors (Lipinski definition) is 3. The molecule has 16 heavy (non-hydrogen) atoms. The number of benzene rings is 1. The normalized spacial score (nSPS) is 11.8. The molecule has 0 radical (unpaired) electrons. The molecule has 1 aromatic carbocycles. The molecule has 7 heteroatoms. The molecule has 0 spiro atoms. The van der Waals surface area contributed by atoms with E-state index < -0.39 is 11.7 Å². The third-order valence-corrected chi connectivity index (χ3v) is 2.76. The van der Waals surface area contributed by atoms with E-state index in [1.807, 2.05) is 0 Å². The first-order valence-corrected chi connectivity index (χ1v) is 5.34. The summed E-state index contributed by atoms with van der Waals surface area (Å²) in [5, 5.41) is 5.45. The third-order valence-electron chi connectivity index (χ3n) is 1.93. The molecule has 0 aliphatic rings. The van der Waals surface area contributed by atoms with Crippen LogP contribution in [0, 0.1) is 0 Å². The molecule has 1 aromatic heterocycles. The minimum atomic E-state index is -4.39. The van der Waals surface area contributed by atoms with Crippen LogP contribution in [0.25, 0.3) is 11.3 Å². The third kappa shape index (κ3) is 2.17. The van der Waals surface area contributed by atoms with Gasteiger partial charge < -0.3 is 0 Å². The summed E-state index contributed by atoms with van der Waals surface area (Å²) < 4.78 is 41.0. The van der Waals surface area contributed by atoms with Crippen molar-refractivity contribution in [1.29, 1.82) is 0 Å². The highest BCUT2D eigenvalue weighted by molar-refractivity contribution is 7.03. The molecule has 0 saturated heterocycles. The van der Waals surface area contributed by atoms with Crippen molar-refractivity contribution < 1.29 is 13.2 Å². The number of rotatable bonds is 1. The van der Waals surface area contributed by atoms with E-state index in [0.29, 0.717) is 5.69 Å². The Balaban J connectivity index is 2.54. The second kappa shape index (κ2) is 4.03. The van der Waals surface area contributed by atoms with E-state index in [1.54, 1.807) is 5.38 Å². The topological polar surface area (TPSA) is 25.8 Å². The average Bonchev–Trinajstić information content (AvgIpc) is 2.69. The Morgan fingerprint density at radius 1 is 1.25 bits per heavy atom. The molecule has 0 N–H and O–H groups in total. The lowest BCUT2D eigenvalue weighted by molar-refractivity contribution is -0.137. The summed E-state index contributed by atoms with van der Waals surface area (Å²) in [4.78, 5) is 0. The predicted molar refractivity (Wildman–Crippen MR) is 55.4 cm³/mol. The lowest BCUT2D eigenvalue weighted by Gasteiger charge is -2.08. The second-order valence-corrected chi connectivity index (χ2v) is 4.00. The second-order valence-electron chi connectivity index (χ2n) is 2.98. The Bertz CT molecular complexity index is 496. The maximum absolute atomic E-state index is 12.5. The van der Waals surface area contributed by atoms with Crippen LogP contribution in [0.1, 0.15) is 5.56 Å². The first-order chi connectivity index (χ1) is 7.48. The van der Waals surface area contributed by atoms with Crippen LogP contribution in [0.4, 0.5) is 13.2 Å². The fourth-order valence-electron chi connectivity index (χ4n) is 1.18. The van der Waals surface area contributed by atoms with Gasteiger partial charge in [-0.3, -0.25) is 0 Å². The molecular formula is C9H4ClF3N2S. The van der Waals surface area contributed by atoms with Crippen molar-refractivity contribution in [3.8, 4) is 11.3 Å². The molecule has 0 bridgehead atoms. The molecule has 0 amide bonds. The summed E-state index contributed by atoms with van der Waals surface area (Å²) >= 11 is 6.86. The number of aromatic nitrogens is 2. The van der Waals surface area contributed by atoms with Crippen LogP contribution in [-0.2, 0) is 6.18 Å². The van der Waals surface area contributed by atoms with Crippen LogP contribution < -0.4 is 0 Å². The van der Waals surface area contributed by atoms with E-state index in [-0.39, 0.29) is 10.6 Å². The van der Waals surface area contributed by atoms with Gasteiger partial charge in [-0.1, -0.05) is 16.1 Å². The van der Waals surface area contributed by atoms with E-state index in [1.165, 1.54) is 6.07 Å². The van der Waals surface area contributed by atoms with E-state index in [0.717, 1.165) is 23.7 Å². The molecular weight excluding hydrogens is 261 g/mol. The van der Waals surface area contributed by atoms with Gasteiger partial charge in [-0.05, 0) is 29.7 Å². The van der Waals surface area contributed by atoms with Crippen molar-refractivity contribution in [2.24, 2.45) is 0 Å².